The maximum absolute atomic E-state index is 11.6. The fraction of sp³-hybridized carbons (Fsp3) is 0.538. The first-order valence-corrected chi connectivity index (χ1v) is 7.61. The maximum Gasteiger partial charge on any atom is 0.241 e. The Morgan fingerprint density at radius 2 is 1.94 bits per heavy atom. The van der Waals surface area contributed by atoms with Gasteiger partial charge in [-0.1, -0.05) is 19.4 Å². The Hall–Kier alpha value is -1.07. The van der Waals surface area contributed by atoms with Crippen LogP contribution in [0.15, 0.2) is 17.0 Å². The third-order valence-corrected chi connectivity index (χ3v) is 3.62. The molecule has 1 unspecified atom stereocenters. The number of hydrogen-bond acceptors (Lipinski definition) is 3. The van der Waals surface area contributed by atoms with E-state index in [1.54, 1.807) is 6.07 Å². The Kier molecular flexibility index (Phi) is 4.76. The highest BCUT2D eigenvalue weighted by Gasteiger charge is 2.19. The Morgan fingerprint density at radius 1 is 1.33 bits per heavy atom. The first-order chi connectivity index (χ1) is 8.25. The summed E-state index contributed by atoms with van der Waals surface area (Å²) in [6.07, 6.45) is 1.82. The van der Waals surface area contributed by atoms with Gasteiger partial charge < -0.3 is 4.74 Å². The fourth-order valence-electron chi connectivity index (χ4n) is 1.94. The van der Waals surface area contributed by atoms with Crippen molar-refractivity contribution < 1.29 is 13.2 Å². The zero-order chi connectivity index (χ0) is 13.9. The molecule has 5 heteroatoms. The summed E-state index contributed by atoms with van der Waals surface area (Å²) in [6, 6.07) is 3.44. The van der Waals surface area contributed by atoms with E-state index in [9.17, 15) is 8.42 Å². The second kappa shape index (κ2) is 5.71. The molecule has 2 N–H and O–H groups in total. The minimum atomic E-state index is -3.76. The van der Waals surface area contributed by atoms with E-state index in [1.165, 1.54) is 0 Å². The summed E-state index contributed by atoms with van der Waals surface area (Å²) in [5.74, 6) is 0.379. The minimum absolute atomic E-state index is 0.0306. The topological polar surface area (TPSA) is 69.4 Å². The average Bonchev–Trinajstić information content (AvgIpc) is 2.20. The molecule has 102 valence electrons. The maximum atomic E-state index is 11.6. The van der Waals surface area contributed by atoms with Gasteiger partial charge in [-0.05, 0) is 44.4 Å². The summed E-state index contributed by atoms with van der Waals surface area (Å²) >= 11 is 0. The molecule has 18 heavy (non-hydrogen) atoms. The van der Waals surface area contributed by atoms with Gasteiger partial charge in [0.2, 0.25) is 10.0 Å². The van der Waals surface area contributed by atoms with Gasteiger partial charge >= 0.3 is 0 Å². The largest absolute Gasteiger partial charge is 0.489 e. The molecule has 0 aliphatic carbocycles. The molecular formula is C13H21NO3S. The van der Waals surface area contributed by atoms with Crippen LogP contribution in [0.2, 0.25) is 0 Å². The molecule has 0 amide bonds. The van der Waals surface area contributed by atoms with Crippen molar-refractivity contribution in [3.05, 3.63) is 23.3 Å². The highest BCUT2D eigenvalue weighted by Crippen LogP contribution is 2.30. The summed E-state index contributed by atoms with van der Waals surface area (Å²) < 4.78 is 28.9. The van der Waals surface area contributed by atoms with Gasteiger partial charge in [0.15, 0.2) is 0 Å². The number of benzene rings is 1. The lowest BCUT2D eigenvalue weighted by Crippen LogP contribution is -2.18. The number of primary sulfonamides is 1. The third-order valence-electron chi connectivity index (χ3n) is 2.71. The summed E-state index contributed by atoms with van der Waals surface area (Å²) in [5.41, 5.74) is 1.65. The van der Waals surface area contributed by atoms with E-state index >= 15 is 0 Å². The number of rotatable bonds is 5. The zero-order valence-corrected chi connectivity index (χ0v) is 12.2. The number of nitrogens with two attached hydrogens (primary N) is 1. The molecule has 0 aromatic heterocycles. The predicted molar refractivity (Wildman–Crippen MR) is 72.3 cm³/mol. The van der Waals surface area contributed by atoms with Crippen molar-refractivity contribution in [1.29, 1.82) is 0 Å². The highest BCUT2D eigenvalue weighted by molar-refractivity contribution is 7.89. The molecule has 0 radical (unpaired) electrons. The van der Waals surface area contributed by atoms with Crippen LogP contribution in [0.25, 0.3) is 0 Å². The molecule has 0 fully saturated rings. The third kappa shape index (κ3) is 3.71. The predicted octanol–water partition coefficient (Wildman–Crippen LogP) is 2.52. The fourth-order valence-corrected chi connectivity index (χ4v) is 2.76. The van der Waals surface area contributed by atoms with Crippen LogP contribution in [-0.4, -0.2) is 14.5 Å². The van der Waals surface area contributed by atoms with Crippen molar-refractivity contribution in [3.8, 4) is 5.75 Å². The first kappa shape index (κ1) is 15.0. The van der Waals surface area contributed by atoms with Gasteiger partial charge in [0.05, 0.1) is 6.10 Å². The highest BCUT2D eigenvalue weighted by atomic mass is 32.2. The van der Waals surface area contributed by atoms with Gasteiger partial charge in [-0.3, -0.25) is 0 Å². The molecule has 4 nitrogen and oxygen atoms in total. The normalized spacial score (nSPS) is 13.4. The Bertz CT molecular complexity index is 523. The van der Waals surface area contributed by atoms with Gasteiger partial charge in [0.1, 0.15) is 10.6 Å². The molecule has 0 bridgehead atoms. The van der Waals surface area contributed by atoms with Crippen LogP contribution in [0.4, 0.5) is 0 Å². The van der Waals surface area contributed by atoms with Crippen LogP contribution in [0.1, 0.15) is 37.8 Å². The molecule has 0 aliphatic rings. The molecule has 0 saturated carbocycles. The SMILES string of the molecule is CCCC(C)Oc1c(C)cc(C)cc1S(N)(=O)=O. The van der Waals surface area contributed by atoms with Crippen LogP contribution in [0, 0.1) is 13.8 Å². The molecular weight excluding hydrogens is 250 g/mol. The van der Waals surface area contributed by atoms with Crippen molar-refractivity contribution in [1.82, 2.24) is 0 Å². The van der Waals surface area contributed by atoms with E-state index in [0.29, 0.717) is 5.75 Å². The van der Waals surface area contributed by atoms with E-state index in [1.807, 2.05) is 26.8 Å². The van der Waals surface area contributed by atoms with Crippen molar-refractivity contribution in [2.45, 2.75) is 51.5 Å². The summed E-state index contributed by atoms with van der Waals surface area (Å²) in [4.78, 5) is 0.0722. The first-order valence-electron chi connectivity index (χ1n) is 6.06. The number of sulfonamides is 1. The minimum Gasteiger partial charge on any atom is -0.489 e. The Morgan fingerprint density at radius 3 is 2.44 bits per heavy atom. The van der Waals surface area contributed by atoms with Crippen LogP contribution in [0.3, 0.4) is 0 Å². The van der Waals surface area contributed by atoms with E-state index < -0.39 is 10.0 Å². The quantitative estimate of drug-likeness (QED) is 0.894. The molecule has 1 aromatic carbocycles. The zero-order valence-electron chi connectivity index (χ0n) is 11.4. The van der Waals surface area contributed by atoms with Gasteiger partial charge in [0, 0.05) is 0 Å². The van der Waals surface area contributed by atoms with Gasteiger partial charge in [-0.2, -0.15) is 0 Å². The summed E-state index contributed by atoms with van der Waals surface area (Å²) in [7, 11) is -3.76. The lowest BCUT2D eigenvalue weighted by molar-refractivity contribution is 0.203. The number of aryl methyl sites for hydroxylation is 2. The van der Waals surface area contributed by atoms with Crippen molar-refractivity contribution in [3.63, 3.8) is 0 Å². The second-order valence-electron chi connectivity index (χ2n) is 4.67. The van der Waals surface area contributed by atoms with Crippen molar-refractivity contribution in [2.75, 3.05) is 0 Å². The van der Waals surface area contributed by atoms with E-state index in [2.05, 4.69) is 6.92 Å². The summed E-state index contributed by atoms with van der Waals surface area (Å²) in [5, 5.41) is 5.24. The lowest BCUT2D eigenvalue weighted by Gasteiger charge is -2.18. The molecule has 1 aromatic rings. The molecule has 0 spiro atoms. The monoisotopic (exact) mass is 271 g/mol. The Labute approximate surface area is 109 Å². The number of hydrogen-bond donors (Lipinski definition) is 1. The summed E-state index contributed by atoms with van der Waals surface area (Å²) in [6.45, 7) is 7.65. The van der Waals surface area contributed by atoms with E-state index in [-0.39, 0.29) is 11.0 Å². The smallest absolute Gasteiger partial charge is 0.241 e. The van der Waals surface area contributed by atoms with Gasteiger partial charge in [-0.25, -0.2) is 13.6 Å². The van der Waals surface area contributed by atoms with Crippen LogP contribution in [-0.2, 0) is 10.0 Å². The molecule has 0 heterocycles. The molecule has 0 saturated heterocycles. The van der Waals surface area contributed by atoms with Crippen molar-refractivity contribution in [2.24, 2.45) is 5.14 Å². The number of ether oxygens (including phenoxy) is 1. The standard InChI is InChI=1S/C13H21NO3S/c1-5-6-11(4)17-13-10(3)7-9(2)8-12(13)18(14,15)16/h7-8,11H,5-6H2,1-4H3,(H2,14,15,16). The van der Waals surface area contributed by atoms with E-state index in [4.69, 9.17) is 9.88 Å². The molecule has 0 aliphatic heterocycles. The van der Waals surface area contributed by atoms with Crippen LogP contribution >= 0.6 is 0 Å². The second-order valence-corrected chi connectivity index (χ2v) is 6.20. The van der Waals surface area contributed by atoms with Crippen LogP contribution < -0.4 is 9.88 Å². The van der Waals surface area contributed by atoms with Gasteiger partial charge in [-0.15, -0.1) is 0 Å². The molecule has 1 rings (SSSR count). The average molecular weight is 271 g/mol. The molecule has 1 atom stereocenters. The van der Waals surface area contributed by atoms with Gasteiger partial charge in [0.25, 0.3) is 0 Å². The van der Waals surface area contributed by atoms with Crippen LogP contribution in [0.5, 0.6) is 5.75 Å². The Balaban J connectivity index is 3.25. The van der Waals surface area contributed by atoms with Crippen molar-refractivity contribution >= 4 is 10.0 Å². The van der Waals surface area contributed by atoms with E-state index in [0.717, 1.165) is 24.0 Å². The lowest BCUT2D eigenvalue weighted by atomic mass is 10.1.